The number of aryl methyl sites for hydroxylation is 1. The third kappa shape index (κ3) is 3.96. The second-order valence-electron chi connectivity index (χ2n) is 3.72. The van der Waals surface area contributed by atoms with Crippen molar-refractivity contribution in [3.05, 3.63) is 23.8 Å². The van der Waals surface area contributed by atoms with Crippen LogP contribution in [0.3, 0.4) is 0 Å². The van der Waals surface area contributed by atoms with Crippen molar-refractivity contribution >= 4 is 0 Å². The minimum atomic E-state index is 0.537. The van der Waals surface area contributed by atoms with Gasteiger partial charge in [-0.05, 0) is 25.5 Å². The Hall–Kier alpha value is -0.960. The maximum atomic E-state index is 4.31. The summed E-state index contributed by atoms with van der Waals surface area (Å²) >= 11 is 0. The second-order valence-corrected chi connectivity index (χ2v) is 3.72. The lowest BCUT2D eigenvalue weighted by Gasteiger charge is -2.15. The van der Waals surface area contributed by atoms with Crippen LogP contribution in [0.25, 0.3) is 0 Å². The standard InChI is InChI=1S/C12H21N3/c1-4-10(13-6-3)7-12-8-11(5-2)14-9-15-12/h8-10,13H,4-7H2,1-3H3. The third-order valence-corrected chi connectivity index (χ3v) is 2.58. The van der Waals surface area contributed by atoms with Gasteiger partial charge < -0.3 is 5.32 Å². The van der Waals surface area contributed by atoms with E-state index in [4.69, 9.17) is 0 Å². The van der Waals surface area contributed by atoms with E-state index in [1.165, 1.54) is 0 Å². The Bertz CT molecular complexity index is 286. The topological polar surface area (TPSA) is 37.8 Å². The SMILES string of the molecule is CCNC(CC)Cc1cc(CC)ncn1. The molecule has 0 spiro atoms. The minimum absolute atomic E-state index is 0.537. The highest BCUT2D eigenvalue weighted by Gasteiger charge is 2.07. The molecule has 1 atom stereocenters. The summed E-state index contributed by atoms with van der Waals surface area (Å²) < 4.78 is 0. The van der Waals surface area contributed by atoms with E-state index in [0.717, 1.165) is 37.2 Å². The van der Waals surface area contributed by atoms with Crippen molar-refractivity contribution < 1.29 is 0 Å². The van der Waals surface area contributed by atoms with E-state index in [0.29, 0.717) is 6.04 Å². The van der Waals surface area contributed by atoms with E-state index >= 15 is 0 Å². The Labute approximate surface area is 92.3 Å². The maximum Gasteiger partial charge on any atom is 0.115 e. The van der Waals surface area contributed by atoms with Crippen LogP contribution in [-0.2, 0) is 12.8 Å². The normalized spacial score (nSPS) is 12.7. The Kier molecular flexibility index (Phi) is 5.26. The molecule has 15 heavy (non-hydrogen) atoms. The number of nitrogens with one attached hydrogen (secondary N) is 1. The predicted molar refractivity (Wildman–Crippen MR) is 62.9 cm³/mol. The van der Waals surface area contributed by atoms with Crippen molar-refractivity contribution in [3.63, 3.8) is 0 Å². The number of hydrogen-bond donors (Lipinski definition) is 1. The van der Waals surface area contributed by atoms with Gasteiger partial charge in [0.1, 0.15) is 6.33 Å². The first-order chi connectivity index (χ1) is 7.30. The molecule has 0 saturated carbocycles. The van der Waals surface area contributed by atoms with E-state index in [1.807, 2.05) is 0 Å². The van der Waals surface area contributed by atoms with Crippen molar-refractivity contribution in [2.45, 2.75) is 46.1 Å². The third-order valence-electron chi connectivity index (χ3n) is 2.58. The second kappa shape index (κ2) is 6.51. The lowest BCUT2D eigenvalue weighted by molar-refractivity contribution is 0.505. The lowest BCUT2D eigenvalue weighted by atomic mass is 10.1. The van der Waals surface area contributed by atoms with Crippen molar-refractivity contribution in [1.82, 2.24) is 15.3 Å². The van der Waals surface area contributed by atoms with Crippen molar-refractivity contribution in [1.29, 1.82) is 0 Å². The van der Waals surface area contributed by atoms with E-state index < -0.39 is 0 Å². The lowest BCUT2D eigenvalue weighted by Crippen LogP contribution is -2.30. The monoisotopic (exact) mass is 207 g/mol. The van der Waals surface area contributed by atoms with Gasteiger partial charge in [0, 0.05) is 23.9 Å². The van der Waals surface area contributed by atoms with Crippen LogP contribution in [0.15, 0.2) is 12.4 Å². The quantitative estimate of drug-likeness (QED) is 0.775. The predicted octanol–water partition coefficient (Wildman–Crippen LogP) is 1.97. The minimum Gasteiger partial charge on any atom is -0.314 e. The summed E-state index contributed by atoms with van der Waals surface area (Å²) in [4.78, 5) is 8.51. The maximum absolute atomic E-state index is 4.31. The molecule has 0 aliphatic heterocycles. The molecule has 0 fully saturated rings. The van der Waals surface area contributed by atoms with Gasteiger partial charge in [-0.25, -0.2) is 9.97 Å². The number of rotatable bonds is 6. The van der Waals surface area contributed by atoms with Gasteiger partial charge in [0.25, 0.3) is 0 Å². The fourth-order valence-corrected chi connectivity index (χ4v) is 1.65. The van der Waals surface area contributed by atoms with Crippen LogP contribution in [0.4, 0.5) is 0 Å². The van der Waals surface area contributed by atoms with Gasteiger partial charge in [-0.15, -0.1) is 0 Å². The zero-order chi connectivity index (χ0) is 11.1. The van der Waals surface area contributed by atoms with Gasteiger partial charge in [-0.1, -0.05) is 20.8 Å². The van der Waals surface area contributed by atoms with Crippen LogP contribution in [0, 0.1) is 0 Å². The van der Waals surface area contributed by atoms with E-state index in [-0.39, 0.29) is 0 Å². The molecular formula is C12H21N3. The van der Waals surface area contributed by atoms with Crippen LogP contribution in [0.5, 0.6) is 0 Å². The van der Waals surface area contributed by atoms with E-state index in [9.17, 15) is 0 Å². The molecule has 0 saturated heterocycles. The summed E-state index contributed by atoms with van der Waals surface area (Å²) in [6.07, 6.45) is 4.79. The molecule has 1 aromatic rings. The molecule has 0 radical (unpaired) electrons. The number of aromatic nitrogens is 2. The fraction of sp³-hybridized carbons (Fsp3) is 0.667. The molecule has 1 N–H and O–H groups in total. The Morgan fingerprint density at radius 2 is 1.93 bits per heavy atom. The van der Waals surface area contributed by atoms with Crippen LogP contribution < -0.4 is 5.32 Å². The van der Waals surface area contributed by atoms with Crippen LogP contribution >= 0.6 is 0 Å². The molecule has 84 valence electrons. The average molecular weight is 207 g/mol. The molecule has 0 amide bonds. The number of likely N-dealkylation sites (N-methyl/N-ethyl adjacent to an activating group) is 1. The van der Waals surface area contributed by atoms with Gasteiger partial charge >= 0.3 is 0 Å². The zero-order valence-electron chi connectivity index (χ0n) is 9.95. The van der Waals surface area contributed by atoms with Gasteiger partial charge in [0.05, 0.1) is 0 Å². The Morgan fingerprint density at radius 3 is 2.53 bits per heavy atom. The highest BCUT2D eigenvalue weighted by Crippen LogP contribution is 2.04. The number of hydrogen-bond acceptors (Lipinski definition) is 3. The summed E-state index contributed by atoms with van der Waals surface area (Å²) in [5.41, 5.74) is 2.28. The summed E-state index contributed by atoms with van der Waals surface area (Å²) in [6, 6.07) is 2.65. The summed E-state index contributed by atoms with van der Waals surface area (Å²) in [5.74, 6) is 0. The smallest absolute Gasteiger partial charge is 0.115 e. The van der Waals surface area contributed by atoms with Gasteiger partial charge in [0.2, 0.25) is 0 Å². The van der Waals surface area contributed by atoms with E-state index in [1.54, 1.807) is 6.33 Å². The number of nitrogens with zero attached hydrogens (tertiary/aromatic N) is 2. The molecule has 3 heteroatoms. The largest absolute Gasteiger partial charge is 0.314 e. The summed E-state index contributed by atoms with van der Waals surface area (Å²) in [5, 5.41) is 3.46. The van der Waals surface area contributed by atoms with Crippen molar-refractivity contribution in [2.75, 3.05) is 6.54 Å². The molecule has 1 rings (SSSR count). The molecule has 0 aromatic carbocycles. The summed E-state index contributed by atoms with van der Waals surface area (Å²) in [6.45, 7) is 7.48. The molecule has 3 nitrogen and oxygen atoms in total. The zero-order valence-corrected chi connectivity index (χ0v) is 9.95. The fourth-order valence-electron chi connectivity index (χ4n) is 1.65. The van der Waals surface area contributed by atoms with E-state index in [2.05, 4.69) is 42.1 Å². The molecule has 1 unspecified atom stereocenters. The molecule has 0 bridgehead atoms. The molecule has 1 heterocycles. The van der Waals surface area contributed by atoms with Gasteiger partial charge in [-0.3, -0.25) is 0 Å². The highest BCUT2D eigenvalue weighted by molar-refractivity contribution is 5.09. The Balaban J connectivity index is 2.61. The van der Waals surface area contributed by atoms with Crippen LogP contribution in [0.2, 0.25) is 0 Å². The Morgan fingerprint density at radius 1 is 1.20 bits per heavy atom. The highest BCUT2D eigenvalue weighted by atomic mass is 14.9. The first kappa shape index (κ1) is 12.1. The van der Waals surface area contributed by atoms with Gasteiger partial charge in [-0.2, -0.15) is 0 Å². The van der Waals surface area contributed by atoms with Crippen molar-refractivity contribution in [3.8, 4) is 0 Å². The van der Waals surface area contributed by atoms with Crippen LogP contribution in [-0.4, -0.2) is 22.6 Å². The average Bonchev–Trinajstić information content (AvgIpc) is 2.29. The first-order valence-electron chi connectivity index (χ1n) is 5.83. The molecular weight excluding hydrogens is 186 g/mol. The molecule has 0 aliphatic rings. The summed E-state index contributed by atoms with van der Waals surface area (Å²) in [7, 11) is 0. The van der Waals surface area contributed by atoms with Gasteiger partial charge in [0.15, 0.2) is 0 Å². The molecule has 0 aliphatic carbocycles. The first-order valence-corrected chi connectivity index (χ1v) is 5.83. The molecule has 1 aromatic heterocycles. The van der Waals surface area contributed by atoms with Crippen LogP contribution in [0.1, 0.15) is 38.6 Å². The van der Waals surface area contributed by atoms with Crippen molar-refractivity contribution in [2.24, 2.45) is 0 Å².